The van der Waals surface area contributed by atoms with E-state index in [-0.39, 0.29) is 18.4 Å². The second-order valence-corrected chi connectivity index (χ2v) is 7.16. The zero-order valence-corrected chi connectivity index (χ0v) is 16.7. The van der Waals surface area contributed by atoms with Gasteiger partial charge in [-0.05, 0) is 45.6 Å². The molecule has 1 N–H and O–H groups in total. The van der Waals surface area contributed by atoms with Gasteiger partial charge in [-0.25, -0.2) is 0 Å². The second kappa shape index (κ2) is 9.88. The van der Waals surface area contributed by atoms with Crippen molar-refractivity contribution in [1.82, 2.24) is 15.1 Å². The molecular formula is C22H29N3O2. The fourth-order valence-corrected chi connectivity index (χ4v) is 2.89. The molecule has 0 saturated carbocycles. The maximum Gasteiger partial charge on any atom is 0.251 e. The van der Waals surface area contributed by atoms with Gasteiger partial charge in [0.05, 0.1) is 6.54 Å². The molecule has 0 heterocycles. The molecule has 0 aliphatic carbocycles. The number of hydrogen-bond acceptors (Lipinski definition) is 3. The number of carbonyl (C=O) groups excluding carboxylic acids is 2. The van der Waals surface area contributed by atoms with Crippen LogP contribution in [0.25, 0.3) is 0 Å². The molecule has 0 saturated heterocycles. The molecule has 0 aliphatic heterocycles. The lowest BCUT2D eigenvalue weighted by Crippen LogP contribution is -2.42. The van der Waals surface area contributed by atoms with E-state index >= 15 is 0 Å². The van der Waals surface area contributed by atoms with Crippen molar-refractivity contribution in [3.8, 4) is 0 Å². The Morgan fingerprint density at radius 1 is 0.926 bits per heavy atom. The minimum Gasteiger partial charge on any atom is -0.343 e. The van der Waals surface area contributed by atoms with Gasteiger partial charge >= 0.3 is 0 Å². The van der Waals surface area contributed by atoms with Gasteiger partial charge in [-0.3, -0.25) is 9.59 Å². The summed E-state index contributed by atoms with van der Waals surface area (Å²) >= 11 is 0. The molecule has 144 valence electrons. The molecule has 0 aliphatic rings. The molecule has 2 rings (SSSR count). The minimum absolute atomic E-state index is 0.00785. The van der Waals surface area contributed by atoms with E-state index in [1.807, 2.05) is 81.4 Å². The quantitative estimate of drug-likeness (QED) is 0.780. The molecule has 2 amide bonds. The van der Waals surface area contributed by atoms with Crippen molar-refractivity contribution < 1.29 is 9.59 Å². The molecule has 5 heteroatoms. The fraction of sp³-hybridized carbons (Fsp3) is 0.364. The highest BCUT2D eigenvalue weighted by Gasteiger charge is 2.16. The van der Waals surface area contributed by atoms with Gasteiger partial charge in [0.1, 0.15) is 0 Å². The van der Waals surface area contributed by atoms with Crippen molar-refractivity contribution in [2.75, 3.05) is 33.7 Å². The summed E-state index contributed by atoms with van der Waals surface area (Å²) in [6, 6.07) is 15.6. The summed E-state index contributed by atoms with van der Waals surface area (Å²) in [5, 5.41) is 2.76. The standard InChI is InChI=1S/C22H29N3O2/c1-17-12-18(2)14-20(13-17)22(27)23-15-21(26)25(11-10-24(3)4)16-19-8-6-5-7-9-19/h5-9,12-14H,10-11,15-16H2,1-4H3,(H,23,27). The molecule has 0 aromatic heterocycles. The number of rotatable bonds is 8. The SMILES string of the molecule is Cc1cc(C)cc(C(=O)NCC(=O)N(CCN(C)C)Cc2ccccc2)c1. The average Bonchev–Trinajstić information content (AvgIpc) is 2.62. The largest absolute Gasteiger partial charge is 0.343 e. The van der Waals surface area contributed by atoms with E-state index in [0.29, 0.717) is 18.7 Å². The van der Waals surface area contributed by atoms with Crippen LogP contribution in [0.3, 0.4) is 0 Å². The first kappa shape index (κ1) is 20.6. The smallest absolute Gasteiger partial charge is 0.251 e. The number of nitrogens with zero attached hydrogens (tertiary/aromatic N) is 2. The van der Waals surface area contributed by atoms with E-state index in [9.17, 15) is 9.59 Å². The Labute approximate surface area is 162 Å². The lowest BCUT2D eigenvalue weighted by atomic mass is 10.1. The van der Waals surface area contributed by atoms with Gasteiger partial charge < -0.3 is 15.1 Å². The van der Waals surface area contributed by atoms with Crippen molar-refractivity contribution in [2.24, 2.45) is 0 Å². The molecule has 2 aromatic rings. The van der Waals surface area contributed by atoms with Crippen LogP contribution in [0.1, 0.15) is 27.0 Å². The predicted octanol–water partition coefficient (Wildman–Crippen LogP) is 2.62. The zero-order chi connectivity index (χ0) is 19.8. The van der Waals surface area contributed by atoms with E-state index in [0.717, 1.165) is 23.2 Å². The van der Waals surface area contributed by atoms with Crippen LogP contribution in [0.2, 0.25) is 0 Å². The Hall–Kier alpha value is -2.66. The van der Waals surface area contributed by atoms with Gasteiger partial charge in [0.25, 0.3) is 5.91 Å². The van der Waals surface area contributed by atoms with Crippen molar-refractivity contribution in [1.29, 1.82) is 0 Å². The Bertz CT molecular complexity index is 752. The van der Waals surface area contributed by atoms with Gasteiger partial charge in [-0.15, -0.1) is 0 Å². The summed E-state index contributed by atoms with van der Waals surface area (Å²) in [6.07, 6.45) is 0. The summed E-state index contributed by atoms with van der Waals surface area (Å²) in [6.45, 7) is 5.82. The maximum absolute atomic E-state index is 12.7. The molecule has 0 atom stereocenters. The summed E-state index contributed by atoms with van der Waals surface area (Å²) in [5.41, 5.74) is 3.72. The summed E-state index contributed by atoms with van der Waals surface area (Å²) in [4.78, 5) is 29.0. The van der Waals surface area contributed by atoms with Gasteiger partial charge in [-0.2, -0.15) is 0 Å². The Morgan fingerprint density at radius 3 is 2.15 bits per heavy atom. The van der Waals surface area contributed by atoms with Crippen LogP contribution < -0.4 is 5.32 Å². The van der Waals surface area contributed by atoms with Gasteiger partial charge in [0.15, 0.2) is 0 Å². The molecule has 2 aromatic carbocycles. The lowest BCUT2D eigenvalue weighted by molar-refractivity contribution is -0.130. The first-order valence-corrected chi connectivity index (χ1v) is 9.18. The van der Waals surface area contributed by atoms with Crippen molar-refractivity contribution in [3.05, 3.63) is 70.8 Å². The second-order valence-electron chi connectivity index (χ2n) is 7.16. The molecule has 27 heavy (non-hydrogen) atoms. The van der Waals surface area contributed by atoms with Crippen LogP contribution in [-0.2, 0) is 11.3 Å². The number of amides is 2. The molecule has 5 nitrogen and oxygen atoms in total. The van der Waals surface area contributed by atoms with Gasteiger partial charge in [0.2, 0.25) is 5.91 Å². The van der Waals surface area contributed by atoms with Gasteiger partial charge in [0, 0.05) is 25.2 Å². The van der Waals surface area contributed by atoms with Crippen LogP contribution in [0.5, 0.6) is 0 Å². The third kappa shape index (κ3) is 6.87. The van der Waals surface area contributed by atoms with Crippen LogP contribution >= 0.6 is 0 Å². The maximum atomic E-state index is 12.7. The van der Waals surface area contributed by atoms with Crippen LogP contribution in [0.4, 0.5) is 0 Å². The summed E-state index contributed by atoms with van der Waals surface area (Å²) < 4.78 is 0. The van der Waals surface area contributed by atoms with Crippen molar-refractivity contribution in [3.63, 3.8) is 0 Å². The monoisotopic (exact) mass is 367 g/mol. The normalized spacial score (nSPS) is 10.7. The number of nitrogens with one attached hydrogen (secondary N) is 1. The number of carbonyl (C=O) groups is 2. The topological polar surface area (TPSA) is 52.7 Å². The minimum atomic E-state index is -0.220. The Balaban J connectivity index is 2.00. The molecular weight excluding hydrogens is 338 g/mol. The van der Waals surface area contributed by atoms with Crippen LogP contribution in [-0.4, -0.2) is 55.3 Å². The third-order valence-corrected chi connectivity index (χ3v) is 4.27. The fourth-order valence-electron chi connectivity index (χ4n) is 2.89. The average molecular weight is 367 g/mol. The summed E-state index contributed by atoms with van der Waals surface area (Å²) in [5.74, 6) is -0.305. The predicted molar refractivity (Wildman–Crippen MR) is 109 cm³/mol. The van der Waals surface area contributed by atoms with Gasteiger partial charge in [-0.1, -0.05) is 47.5 Å². The van der Waals surface area contributed by atoms with E-state index in [1.165, 1.54) is 0 Å². The Morgan fingerprint density at radius 2 is 1.56 bits per heavy atom. The first-order valence-electron chi connectivity index (χ1n) is 9.18. The highest BCUT2D eigenvalue weighted by molar-refractivity contribution is 5.96. The summed E-state index contributed by atoms with van der Waals surface area (Å²) in [7, 11) is 3.96. The van der Waals surface area contributed by atoms with Crippen LogP contribution in [0, 0.1) is 13.8 Å². The number of likely N-dealkylation sites (N-methyl/N-ethyl adjacent to an activating group) is 1. The van der Waals surface area contributed by atoms with E-state index < -0.39 is 0 Å². The van der Waals surface area contributed by atoms with E-state index in [2.05, 4.69) is 5.32 Å². The van der Waals surface area contributed by atoms with Crippen molar-refractivity contribution >= 4 is 11.8 Å². The van der Waals surface area contributed by atoms with E-state index in [4.69, 9.17) is 0 Å². The highest BCUT2D eigenvalue weighted by atomic mass is 16.2. The van der Waals surface area contributed by atoms with Crippen LogP contribution in [0.15, 0.2) is 48.5 Å². The molecule has 0 spiro atoms. The molecule has 0 fully saturated rings. The third-order valence-electron chi connectivity index (χ3n) is 4.27. The molecule has 0 radical (unpaired) electrons. The zero-order valence-electron chi connectivity index (χ0n) is 16.7. The van der Waals surface area contributed by atoms with E-state index in [1.54, 1.807) is 4.90 Å². The lowest BCUT2D eigenvalue weighted by Gasteiger charge is -2.25. The highest BCUT2D eigenvalue weighted by Crippen LogP contribution is 2.09. The number of hydrogen-bond donors (Lipinski definition) is 1. The molecule has 0 unspecified atom stereocenters. The molecule has 0 bridgehead atoms. The number of aryl methyl sites for hydroxylation is 2. The Kier molecular flexibility index (Phi) is 7.55. The first-order chi connectivity index (χ1) is 12.8. The van der Waals surface area contributed by atoms with Crippen molar-refractivity contribution in [2.45, 2.75) is 20.4 Å². The number of benzene rings is 2.